The first-order valence-corrected chi connectivity index (χ1v) is 4.59. The third-order valence-electron chi connectivity index (χ3n) is 2.45. The van der Waals surface area contributed by atoms with E-state index in [0.717, 1.165) is 11.8 Å². The summed E-state index contributed by atoms with van der Waals surface area (Å²) in [5.74, 6) is 1.52. The fourth-order valence-corrected chi connectivity index (χ4v) is 1.13. The maximum absolute atomic E-state index is 4.00. The van der Waals surface area contributed by atoms with Crippen LogP contribution < -0.4 is 0 Å². The average molecular weight is 163 g/mol. The fourth-order valence-electron chi connectivity index (χ4n) is 1.13. The smallest absolute Gasteiger partial charge is 0.0270 e. The highest BCUT2D eigenvalue weighted by atomic mass is 14.6. The second-order valence-electron chi connectivity index (χ2n) is 3.78. The lowest BCUT2D eigenvalue weighted by Crippen LogP contribution is -2.07. The first kappa shape index (κ1) is 9.24. The molecule has 0 radical (unpaired) electrons. The highest BCUT2D eigenvalue weighted by Crippen LogP contribution is 2.15. The number of rotatable bonds is 3. The summed E-state index contributed by atoms with van der Waals surface area (Å²) in [6.45, 7) is 6.84. The highest BCUT2D eigenvalue weighted by Gasteiger charge is 2.06. The maximum Gasteiger partial charge on any atom is 0.0270 e. The van der Waals surface area contributed by atoms with Crippen LogP contribution in [-0.4, -0.2) is 4.98 Å². The van der Waals surface area contributed by atoms with E-state index < -0.39 is 0 Å². The Morgan fingerprint density at radius 3 is 2.25 bits per heavy atom. The lowest BCUT2D eigenvalue weighted by Gasteiger charge is -2.14. The van der Waals surface area contributed by atoms with Crippen molar-refractivity contribution in [3.63, 3.8) is 0 Å². The standard InChI is InChI=1S/C11H17N/c1-9(2)10(3)8-11-4-6-12-7-5-11/h4-7,9-10H,8H2,1-3H3/t10-/m0/s1. The van der Waals surface area contributed by atoms with Crippen LogP contribution in [0.25, 0.3) is 0 Å². The molecule has 1 aromatic heterocycles. The summed E-state index contributed by atoms with van der Waals surface area (Å²) >= 11 is 0. The molecule has 1 heterocycles. The van der Waals surface area contributed by atoms with Crippen molar-refractivity contribution in [1.29, 1.82) is 0 Å². The Hall–Kier alpha value is -0.850. The van der Waals surface area contributed by atoms with Crippen LogP contribution in [-0.2, 0) is 6.42 Å². The van der Waals surface area contributed by atoms with Gasteiger partial charge in [-0.15, -0.1) is 0 Å². The van der Waals surface area contributed by atoms with Crippen LogP contribution in [0.15, 0.2) is 24.5 Å². The summed E-state index contributed by atoms with van der Waals surface area (Å²) in [5, 5.41) is 0. The summed E-state index contributed by atoms with van der Waals surface area (Å²) in [6.07, 6.45) is 4.89. The molecule has 0 bridgehead atoms. The Bertz CT molecular complexity index is 216. The van der Waals surface area contributed by atoms with E-state index in [-0.39, 0.29) is 0 Å². The largest absolute Gasteiger partial charge is 0.265 e. The molecule has 1 atom stereocenters. The molecule has 1 heteroatoms. The van der Waals surface area contributed by atoms with Gasteiger partial charge in [0.1, 0.15) is 0 Å². The van der Waals surface area contributed by atoms with E-state index in [1.54, 1.807) is 0 Å². The molecule has 0 unspecified atom stereocenters. The molecule has 0 amide bonds. The van der Waals surface area contributed by atoms with Crippen LogP contribution in [0.2, 0.25) is 0 Å². The SMILES string of the molecule is CC(C)[C@@H](C)Cc1ccncc1. The molecule has 0 aliphatic carbocycles. The van der Waals surface area contributed by atoms with Gasteiger partial charge in [-0.3, -0.25) is 4.98 Å². The van der Waals surface area contributed by atoms with E-state index in [1.165, 1.54) is 12.0 Å². The second kappa shape index (κ2) is 4.24. The molecule has 12 heavy (non-hydrogen) atoms. The van der Waals surface area contributed by atoms with Gasteiger partial charge in [-0.2, -0.15) is 0 Å². The summed E-state index contributed by atoms with van der Waals surface area (Å²) in [5.41, 5.74) is 1.39. The van der Waals surface area contributed by atoms with Gasteiger partial charge in [-0.05, 0) is 36.0 Å². The Balaban J connectivity index is 2.53. The zero-order valence-corrected chi connectivity index (χ0v) is 8.12. The van der Waals surface area contributed by atoms with Crippen LogP contribution in [0.1, 0.15) is 26.3 Å². The van der Waals surface area contributed by atoms with E-state index in [0.29, 0.717) is 0 Å². The normalized spacial score (nSPS) is 13.3. The Labute approximate surface area is 74.8 Å². The van der Waals surface area contributed by atoms with Gasteiger partial charge in [-0.25, -0.2) is 0 Å². The third kappa shape index (κ3) is 2.65. The monoisotopic (exact) mass is 163 g/mol. The van der Waals surface area contributed by atoms with Crippen LogP contribution >= 0.6 is 0 Å². The number of hydrogen-bond acceptors (Lipinski definition) is 1. The van der Waals surface area contributed by atoms with Gasteiger partial charge in [0.25, 0.3) is 0 Å². The quantitative estimate of drug-likeness (QED) is 0.667. The Morgan fingerprint density at radius 1 is 1.17 bits per heavy atom. The zero-order chi connectivity index (χ0) is 8.97. The maximum atomic E-state index is 4.00. The van der Waals surface area contributed by atoms with Crippen LogP contribution in [0.5, 0.6) is 0 Å². The van der Waals surface area contributed by atoms with E-state index in [9.17, 15) is 0 Å². The summed E-state index contributed by atoms with van der Waals surface area (Å²) in [6, 6.07) is 4.19. The molecular weight excluding hydrogens is 146 g/mol. The number of nitrogens with zero attached hydrogens (tertiary/aromatic N) is 1. The number of aromatic nitrogens is 1. The van der Waals surface area contributed by atoms with Crippen molar-refractivity contribution < 1.29 is 0 Å². The van der Waals surface area contributed by atoms with Gasteiger partial charge in [0.05, 0.1) is 0 Å². The number of hydrogen-bond donors (Lipinski definition) is 0. The molecule has 0 aliphatic rings. The molecular formula is C11H17N. The topological polar surface area (TPSA) is 12.9 Å². The van der Waals surface area contributed by atoms with Gasteiger partial charge < -0.3 is 0 Å². The fraction of sp³-hybridized carbons (Fsp3) is 0.545. The molecule has 0 fully saturated rings. The van der Waals surface area contributed by atoms with Crippen molar-refractivity contribution in [2.75, 3.05) is 0 Å². The predicted octanol–water partition coefficient (Wildman–Crippen LogP) is 2.92. The van der Waals surface area contributed by atoms with E-state index in [1.807, 2.05) is 12.4 Å². The van der Waals surface area contributed by atoms with Gasteiger partial charge >= 0.3 is 0 Å². The van der Waals surface area contributed by atoms with Gasteiger partial charge in [0, 0.05) is 12.4 Å². The second-order valence-corrected chi connectivity index (χ2v) is 3.78. The van der Waals surface area contributed by atoms with E-state index >= 15 is 0 Å². The molecule has 0 aromatic carbocycles. The summed E-state index contributed by atoms with van der Waals surface area (Å²) in [4.78, 5) is 4.00. The summed E-state index contributed by atoms with van der Waals surface area (Å²) < 4.78 is 0. The Kier molecular flexibility index (Phi) is 3.27. The highest BCUT2D eigenvalue weighted by molar-refractivity contribution is 5.10. The predicted molar refractivity (Wildman–Crippen MR) is 51.9 cm³/mol. The molecule has 0 spiro atoms. The minimum atomic E-state index is 0.757. The average Bonchev–Trinajstić information content (AvgIpc) is 2.06. The molecule has 0 N–H and O–H groups in total. The Morgan fingerprint density at radius 2 is 1.75 bits per heavy atom. The third-order valence-corrected chi connectivity index (χ3v) is 2.45. The minimum Gasteiger partial charge on any atom is -0.265 e. The minimum absolute atomic E-state index is 0.757. The lowest BCUT2D eigenvalue weighted by atomic mass is 9.91. The molecule has 1 aromatic rings. The molecule has 66 valence electrons. The van der Waals surface area contributed by atoms with Crippen LogP contribution in [0.3, 0.4) is 0 Å². The van der Waals surface area contributed by atoms with Crippen molar-refractivity contribution >= 4 is 0 Å². The molecule has 0 saturated carbocycles. The van der Waals surface area contributed by atoms with Crippen LogP contribution in [0, 0.1) is 11.8 Å². The molecule has 0 aliphatic heterocycles. The first-order chi connectivity index (χ1) is 5.70. The van der Waals surface area contributed by atoms with Crippen molar-refractivity contribution in [2.45, 2.75) is 27.2 Å². The van der Waals surface area contributed by atoms with E-state index in [4.69, 9.17) is 0 Å². The molecule has 1 nitrogen and oxygen atoms in total. The molecule has 1 rings (SSSR count). The van der Waals surface area contributed by atoms with Gasteiger partial charge in [0.15, 0.2) is 0 Å². The first-order valence-electron chi connectivity index (χ1n) is 4.59. The van der Waals surface area contributed by atoms with Gasteiger partial charge in [0.2, 0.25) is 0 Å². The van der Waals surface area contributed by atoms with Crippen LogP contribution in [0.4, 0.5) is 0 Å². The van der Waals surface area contributed by atoms with Crippen molar-refractivity contribution in [3.05, 3.63) is 30.1 Å². The zero-order valence-electron chi connectivity index (χ0n) is 8.12. The summed E-state index contributed by atoms with van der Waals surface area (Å²) in [7, 11) is 0. The molecule has 0 saturated heterocycles. The van der Waals surface area contributed by atoms with E-state index in [2.05, 4.69) is 37.9 Å². The van der Waals surface area contributed by atoms with Crippen molar-refractivity contribution in [1.82, 2.24) is 4.98 Å². The lowest BCUT2D eigenvalue weighted by molar-refractivity contribution is 0.417. The van der Waals surface area contributed by atoms with Crippen molar-refractivity contribution in [3.8, 4) is 0 Å². The number of pyridine rings is 1. The van der Waals surface area contributed by atoms with Gasteiger partial charge in [-0.1, -0.05) is 20.8 Å². The van der Waals surface area contributed by atoms with Crippen molar-refractivity contribution in [2.24, 2.45) is 11.8 Å².